The fraction of sp³-hybridized carbons (Fsp3) is 0.467. The Morgan fingerprint density at radius 2 is 1.72 bits per heavy atom. The van der Waals surface area contributed by atoms with E-state index in [-0.39, 0.29) is 42.2 Å². The van der Waals surface area contributed by atoms with Crippen molar-refractivity contribution in [2.45, 2.75) is 100 Å². The van der Waals surface area contributed by atoms with Gasteiger partial charge in [0.25, 0.3) is 5.91 Å². The molecular formula is C45H76FN7O4S. The van der Waals surface area contributed by atoms with Crippen LogP contribution in [0.1, 0.15) is 103 Å². The number of carbonyl (C=O) groups is 3. The molecule has 1 aromatic carbocycles. The first-order valence-electron chi connectivity index (χ1n) is 19.8. The molecule has 13 heteroatoms. The second-order valence-electron chi connectivity index (χ2n) is 12.3. The van der Waals surface area contributed by atoms with Crippen LogP contribution in [-0.4, -0.2) is 74.7 Å². The lowest BCUT2D eigenvalue weighted by Gasteiger charge is -2.24. The molecule has 2 heterocycles. The zero-order valence-corrected chi connectivity index (χ0v) is 37.9. The summed E-state index contributed by atoms with van der Waals surface area (Å²) in [5.41, 5.74) is 14.3. The minimum absolute atomic E-state index is 0.0837. The lowest BCUT2D eigenvalue weighted by Crippen LogP contribution is -2.34. The van der Waals surface area contributed by atoms with Crippen molar-refractivity contribution >= 4 is 36.9 Å². The van der Waals surface area contributed by atoms with Crippen LogP contribution in [0.25, 0.3) is 0 Å². The highest BCUT2D eigenvalue weighted by Gasteiger charge is 2.24. The van der Waals surface area contributed by atoms with Gasteiger partial charge < -0.3 is 41.8 Å². The number of hydrogen-bond acceptors (Lipinski definition) is 10. The fourth-order valence-corrected chi connectivity index (χ4v) is 4.88. The van der Waals surface area contributed by atoms with Crippen LogP contribution in [0.2, 0.25) is 0 Å². The molecule has 3 rings (SSSR count). The molecule has 1 aromatic heterocycles. The van der Waals surface area contributed by atoms with Crippen LogP contribution in [0.4, 0.5) is 9.57 Å². The predicted molar refractivity (Wildman–Crippen MR) is 249 cm³/mol. The molecule has 1 fully saturated rings. The van der Waals surface area contributed by atoms with E-state index in [0.29, 0.717) is 30.6 Å². The van der Waals surface area contributed by atoms with Gasteiger partial charge in [0.15, 0.2) is 5.88 Å². The number of primary amides is 1. The molecule has 1 aliphatic rings. The average Bonchev–Trinajstić information content (AvgIpc) is 3.64. The van der Waals surface area contributed by atoms with Crippen LogP contribution in [0, 0.1) is 0 Å². The minimum atomic E-state index is -0.305. The summed E-state index contributed by atoms with van der Waals surface area (Å²) in [5.74, 6) is 0.693. The number of halogens is 1. The SMILES string of the molecule is C=C(C)NCC.C=C/C=C(\C=C/CSF)[C@@H](C)NC(=O)c1cc([C@H](CNC(C)C)Cc2ccccn2)cc(N2CCOC2=C)c1.C=O.CC.CCC.CCN.NC=O. The number of aromatic nitrogens is 1. The van der Waals surface area contributed by atoms with Gasteiger partial charge in [0.2, 0.25) is 6.41 Å². The van der Waals surface area contributed by atoms with Gasteiger partial charge in [-0.05, 0) is 81.8 Å². The van der Waals surface area contributed by atoms with E-state index in [1.807, 2.05) is 88.8 Å². The maximum Gasteiger partial charge on any atom is 0.251 e. The van der Waals surface area contributed by atoms with Crippen LogP contribution in [0.5, 0.6) is 0 Å². The zero-order chi connectivity index (χ0) is 45.3. The average molecular weight is 830 g/mol. The summed E-state index contributed by atoms with van der Waals surface area (Å²) in [6.45, 7) is 37.4. The van der Waals surface area contributed by atoms with Gasteiger partial charge in [0.1, 0.15) is 13.4 Å². The lowest BCUT2D eigenvalue weighted by molar-refractivity contribution is -0.107. The monoisotopic (exact) mass is 830 g/mol. The topological polar surface area (TPSA) is 165 Å². The molecule has 0 bridgehead atoms. The van der Waals surface area contributed by atoms with Crippen molar-refractivity contribution in [2.24, 2.45) is 11.5 Å². The van der Waals surface area contributed by atoms with Gasteiger partial charge in [-0.2, -0.15) is 3.89 Å². The largest absolute Gasteiger partial charge is 0.477 e. The molecule has 0 unspecified atom stereocenters. The molecular weight excluding hydrogens is 754 g/mol. The van der Waals surface area contributed by atoms with Crippen LogP contribution >= 0.6 is 12.1 Å². The third-order valence-electron chi connectivity index (χ3n) is 6.93. The second kappa shape index (κ2) is 41.9. The summed E-state index contributed by atoms with van der Waals surface area (Å²) in [6, 6.07) is 11.9. The summed E-state index contributed by atoms with van der Waals surface area (Å²) in [6.07, 6.45) is 11.0. The number of allylic oxidation sites excluding steroid dienone is 3. The molecule has 1 aliphatic heterocycles. The van der Waals surface area contributed by atoms with E-state index < -0.39 is 0 Å². The Kier molecular flexibility index (Phi) is 43.3. The van der Waals surface area contributed by atoms with E-state index in [2.05, 4.69) is 87.1 Å². The lowest BCUT2D eigenvalue weighted by atomic mass is 9.91. The van der Waals surface area contributed by atoms with Gasteiger partial charge in [0, 0.05) is 71.8 Å². The van der Waals surface area contributed by atoms with Crippen molar-refractivity contribution in [1.82, 2.24) is 20.9 Å². The van der Waals surface area contributed by atoms with Crippen LogP contribution in [0.15, 0.2) is 104 Å². The molecule has 2 atom stereocenters. The summed E-state index contributed by atoms with van der Waals surface area (Å²) in [4.78, 5) is 36.7. The molecule has 58 heavy (non-hydrogen) atoms. The van der Waals surface area contributed by atoms with E-state index >= 15 is 0 Å². The van der Waals surface area contributed by atoms with Gasteiger partial charge in [0.05, 0.1) is 12.6 Å². The van der Waals surface area contributed by atoms with Crippen molar-refractivity contribution in [1.29, 1.82) is 0 Å². The normalized spacial score (nSPS) is 12.2. The quantitative estimate of drug-likeness (QED) is 0.0818. The molecule has 0 aliphatic carbocycles. The first-order valence-corrected chi connectivity index (χ1v) is 20.7. The first kappa shape index (κ1) is 60.0. The highest BCUT2D eigenvalue weighted by atomic mass is 32.2. The summed E-state index contributed by atoms with van der Waals surface area (Å²) < 4.78 is 18.1. The fourth-order valence-electron chi connectivity index (χ4n) is 4.71. The van der Waals surface area contributed by atoms with Crippen LogP contribution in [0.3, 0.4) is 0 Å². The summed E-state index contributed by atoms with van der Waals surface area (Å²) in [5, 5.41) is 9.67. The number of amides is 2. The molecule has 0 radical (unpaired) electrons. The molecule has 11 nitrogen and oxygen atoms in total. The standard InChI is InChI=1S/C31H39FN4O2S.C5H11N.C3H8.C2H7N.C2H6.CH3NO.CH2O/c1-6-10-25(11-9-16-39-32)23(4)35-31(37)27-17-26(19-30(20-27)36-14-15-38-24(36)5)28(21-34-22(2)3)18-29-12-7-8-13-33-29;1-4-6-5(2)3;1-3-2;1-2-3;1-2;2-1-3;1-2/h6-13,17,19-20,22-23,28,34H,1,5,14-16,18,21H2,2-4H3,(H,35,37);6H,2,4H2,1,3H3;3H2,1-2H3;2-3H2,1H3;1-2H3;1H,(H2,2,3);1H2/b11-9-,25-10+;;;;;;/t23-,28+;;;;;;/m1....../s1. The van der Waals surface area contributed by atoms with E-state index in [1.54, 1.807) is 18.3 Å². The summed E-state index contributed by atoms with van der Waals surface area (Å²) in [7, 11) is 0. The first-order chi connectivity index (χ1) is 27.8. The van der Waals surface area contributed by atoms with E-state index in [9.17, 15) is 8.68 Å². The smallest absolute Gasteiger partial charge is 0.251 e. The number of hydrogen-bond donors (Lipinski definition) is 5. The molecule has 0 spiro atoms. The number of anilines is 1. The molecule has 0 saturated carbocycles. The van der Waals surface area contributed by atoms with E-state index in [0.717, 1.165) is 54.3 Å². The van der Waals surface area contributed by atoms with Gasteiger partial charge >= 0.3 is 0 Å². The number of ether oxygens (including phenoxy) is 1. The zero-order valence-electron chi connectivity index (χ0n) is 37.1. The Bertz CT molecular complexity index is 1420. The van der Waals surface area contributed by atoms with Crippen LogP contribution in [-0.2, 0) is 20.7 Å². The van der Waals surface area contributed by atoms with Crippen molar-refractivity contribution in [3.05, 3.63) is 121 Å². The van der Waals surface area contributed by atoms with E-state index in [4.69, 9.17) is 20.1 Å². The van der Waals surface area contributed by atoms with Crippen LogP contribution < -0.4 is 32.3 Å². The molecule has 7 N–H and O–H groups in total. The van der Waals surface area contributed by atoms with Gasteiger partial charge in [-0.15, -0.1) is 0 Å². The molecule has 1 saturated heterocycles. The predicted octanol–water partition coefficient (Wildman–Crippen LogP) is 8.57. The number of nitrogens with one attached hydrogen (secondary N) is 3. The maximum absolute atomic E-state index is 13.6. The second-order valence-corrected chi connectivity index (χ2v) is 12.9. The Morgan fingerprint density at radius 3 is 2.16 bits per heavy atom. The Hall–Kier alpha value is -4.72. The van der Waals surface area contributed by atoms with Gasteiger partial charge in [-0.25, -0.2) is 0 Å². The highest BCUT2D eigenvalue weighted by molar-refractivity contribution is 7.94. The third kappa shape index (κ3) is 30.4. The molecule has 2 amide bonds. The summed E-state index contributed by atoms with van der Waals surface area (Å²) >= 11 is 0.250. The number of carbonyl (C=O) groups excluding carboxylic acids is 3. The number of benzene rings is 1. The number of pyridine rings is 1. The highest BCUT2D eigenvalue weighted by Crippen LogP contribution is 2.30. The van der Waals surface area contributed by atoms with Crippen molar-refractivity contribution in [3.63, 3.8) is 0 Å². The Morgan fingerprint density at radius 1 is 1.12 bits per heavy atom. The van der Waals surface area contributed by atoms with Crippen molar-refractivity contribution in [3.8, 4) is 0 Å². The molecule has 2 aromatic rings. The van der Waals surface area contributed by atoms with Crippen molar-refractivity contribution in [2.75, 3.05) is 43.4 Å². The Labute approximate surface area is 355 Å². The minimum Gasteiger partial charge on any atom is -0.477 e. The van der Waals surface area contributed by atoms with Gasteiger partial charge in [-0.1, -0.05) is 98.4 Å². The maximum atomic E-state index is 13.6. The Balaban J connectivity index is -0.000000648. The number of rotatable bonds is 16. The van der Waals surface area contributed by atoms with Crippen molar-refractivity contribution < 1.29 is 23.0 Å². The van der Waals surface area contributed by atoms with E-state index in [1.165, 1.54) is 6.42 Å². The number of nitrogens with zero attached hydrogens (tertiary/aromatic N) is 2. The molecule has 328 valence electrons. The third-order valence-corrected chi connectivity index (χ3v) is 7.25. The number of nitrogens with two attached hydrogens (primary N) is 2. The van der Waals surface area contributed by atoms with Gasteiger partial charge in [-0.3, -0.25) is 14.6 Å².